The Morgan fingerprint density at radius 2 is 2.16 bits per heavy atom. The molecular formula is C24H28N4O2S. The second kappa shape index (κ2) is 9.06. The van der Waals surface area contributed by atoms with Gasteiger partial charge in [0.05, 0.1) is 11.7 Å². The van der Waals surface area contributed by atoms with E-state index in [0.29, 0.717) is 32.5 Å². The summed E-state index contributed by atoms with van der Waals surface area (Å²) in [5.41, 5.74) is 1.67. The molecule has 1 saturated heterocycles. The molecule has 0 saturated carbocycles. The Kier molecular flexibility index (Phi) is 6.23. The van der Waals surface area contributed by atoms with Crippen LogP contribution in [0.3, 0.4) is 0 Å². The Hall–Kier alpha value is -2.93. The highest BCUT2D eigenvalue weighted by atomic mass is 32.1. The quantitative estimate of drug-likeness (QED) is 0.613. The summed E-state index contributed by atoms with van der Waals surface area (Å²) in [5, 5.41) is 5.09. The fraction of sp³-hybridized carbons (Fsp3) is 0.375. The van der Waals surface area contributed by atoms with Gasteiger partial charge in [0, 0.05) is 36.9 Å². The van der Waals surface area contributed by atoms with Crippen LogP contribution in [-0.2, 0) is 16.0 Å². The summed E-state index contributed by atoms with van der Waals surface area (Å²) < 4.78 is 1.80. The van der Waals surface area contributed by atoms with Crippen LogP contribution in [0.4, 0.5) is 0 Å². The van der Waals surface area contributed by atoms with Gasteiger partial charge in [0.25, 0.3) is 0 Å². The zero-order chi connectivity index (χ0) is 21.8. The lowest BCUT2D eigenvalue weighted by Gasteiger charge is -2.29. The number of hydrogen-bond acceptors (Lipinski definition) is 4. The van der Waals surface area contributed by atoms with Gasteiger partial charge < -0.3 is 14.8 Å². The molecule has 7 heteroatoms. The molecule has 1 N–H and O–H groups in total. The van der Waals surface area contributed by atoms with Crippen molar-refractivity contribution in [3.8, 4) is 10.4 Å². The van der Waals surface area contributed by atoms with Crippen molar-refractivity contribution in [2.75, 3.05) is 19.6 Å². The number of likely N-dealkylation sites (tertiary alicyclic amines) is 1. The number of carbonyl (C=O) groups excluding carboxylic acids is 2. The number of hydrogen-bond donors (Lipinski definition) is 1. The summed E-state index contributed by atoms with van der Waals surface area (Å²) >= 11 is 1.71. The number of benzene rings is 1. The Bertz CT molecular complexity index is 1030. The predicted molar refractivity (Wildman–Crippen MR) is 123 cm³/mol. The molecule has 3 aromatic rings. The third-order valence-electron chi connectivity index (χ3n) is 6.09. The third kappa shape index (κ3) is 4.42. The van der Waals surface area contributed by atoms with E-state index in [1.165, 1.54) is 10.4 Å². The Morgan fingerprint density at radius 1 is 1.29 bits per heavy atom. The molecule has 6 nitrogen and oxygen atoms in total. The minimum Gasteiger partial charge on any atom is -0.356 e. The van der Waals surface area contributed by atoms with Crippen LogP contribution in [0.25, 0.3) is 10.4 Å². The number of nitrogens with zero attached hydrogens (tertiary/aromatic N) is 3. The van der Waals surface area contributed by atoms with Crippen LogP contribution in [0.2, 0.25) is 0 Å². The average molecular weight is 437 g/mol. The van der Waals surface area contributed by atoms with Gasteiger partial charge in [-0.05, 0) is 49.3 Å². The predicted octanol–water partition coefficient (Wildman–Crippen LogP) is 3.77. The normalized spacial score (nSPS) is 19.4. The molecule has 31 heavy (non-hydrogen) atoms. The summed E-state index contributed by atoms with van der Waals surface area (Å²) in [6.07, 6.45) is 6.40. The molecule has 1 aliphatic rings. The van der Waals surface area contributed by atoms with Gasteiger partial charge >= 0.3 is 0 Å². The van der Waals surface area contributed by atoms with Gasteiger partial charge in [-0.3, -0.25) is 9.59 Å². The third-order valence-corrected chi connectivity index (χ3v) is 7.01. The van der Waals surface area contributed by atoms with Crippen LogP contribution in [-0.4, -0.2) is 45.9 Å². The number of thiophene rings is 1. The van der Waals surface area contributed by atoms with E-state index < -0.39 is 5.41 Å². The lowest BCUT2D eigenvalue weighted by molar-refractivity contribution is -0.135. The summed E-state index contributed by atoms with van der Waals surface area (Å²) in [6.45, 7) is 5.40. The first-order valence-electron chi connectivity index (χ1n) is 10.7. The second-order valence-corrected chi connectivity index (χ2v) is 9.14. The van der Waals surface area contributed by atoms with Crippen molar-refractivity contribution in [2.24, 2.45) is 5.41 Å². The molecule has 0 radical (unpaired) electrons. The fourth-order valence-corrected chi connectivity index (χ4v) is 5.10. The molecule has 2 aromatic heterocycles. The monoisotopic (exact) mass is 436 g/mol. The molecule has 162 valence electrons. The first-order chi connectivity index (χ1) is 15.0. The van der Waals surface area contributed by atoms with E-state index in [4.69, 9.17) is 0 Å². The molecule has 0 spiro atoms. The Morgan fingerprint density at radius 3 is 2.87 bits per heavy atom. The summed E-state index contributed by atoms with van der Waals surface area (Å²) in [4.78, 5) is 33.4. The van der Waals surface area contributed by atoms with Crippen molar-refractivity contribution in [1.29, 1.82) is 0 Å². The zero-order valence-electron chi connectivity index (χ0n) is 18.0. The zero-order valence-corrected chi connectivity index (χ0v) is 18.8. The van der Waals surface area contributed by atoms with Gasteiger partial charge in [0.15, 0.2) is 0 Å². The molecule has 0 aliphatic carbocycles. The molecule has 1 aliphatic heterocycles. The number of amides is 2. The summed E-state index contributed by atoms with van der Waals surface area (Å²) in [5.74, 6) is 0.0543. The number of carbonyl (C=O) groups is 2. The van der Waals surface area contributed by atoms with Gasteiger partial charge in [-0.15, -0.1) is 11.3 Å². The first kappa shape index (κ1) is 21.3. The maximum atomic E-state index is 13.2. The maximum Gasteiger partial charge on any atom is 0.245 e. The van der Waals surface area contributed by atoms with Gasteiger partial charge in [0.2, 0.25) is 11.8 Å². The highest BCUT2D eigenvalue weighted by Crippen LogP contribution is 2.37. The SMILES string of the molecule is CCNC(=O)[C@]1(Cc2cccc(-c3cccs3)c2)CCN(C(=O)[C@@H](C)n2ccnc2)C1. The van der Waals surface area contributed by atoms with Crippen LogP contribution in [0.1, 0.15) is 31.9 Å². The van der Waals surface area contributed by atoms with Gasteiger partial charge in [-0.1, -0.05) is 30.3 Å². The first-order valence-corrected chi connectivity index (χ1v) is 11.6. The summed E-state index contributed by atoms with van der Waals surface area (Å²) in [6, 6.07) is 12.2. The molecule has 1 aromatic carbocycles. The van der Waals surface area contributed by atoms with Gasteiger partial charge in [0.1, 0.15) is 6.04 Å². The second-order valence-electron chi connectivity index (χ2n) is 8.19. The van der Waals surface area contributed by atoms with Crippen molar-refractivity contribution < 1.29 is 9.59 Å². The average Bonchev–Trinajstić information content (AvgIpc) is 3.55. The molecule has 0 unspecified atom stereocenters. The van der Waals surface area contributed by atoms with Crippen LogP contribution < -0.4 is 5.32 Å². The van der Waals surface area contributed by atoms with E-state index in [1.54, 1.807) is 34.6 Å². The van der Waals surface area contributed by atoms with Crippen molar-refractivity contribution in [3.63, 3.8) is 0 Å². The van der Waals surface area contributed by atoms with E-state index in [2.05, 4.69) is 46.0 Å². The van der Waals surface area contributed by atoms with E-state index in [0.717, 1.165) is 5.56 Å². The lowest BCUT2D eigenvalue weighted by Crippen LogP contribution is -2.45. The molecule has 4 rings (SSSR count). The number of nitrogens with one attached hydrogen (secondary N) is 1. The molecule has 1 fully saturated rings. The molecule has 3 heterocycles. The van der Waals surface area contributed by atoms with E-state index >= 15 is 0 Å². The highest BCUT2D eigenvalue weighted by molar-refractivity contribution is 7.13. The molecule has 2 atom stereocenters. The van der Waals surface area contributed by atoms with E-state index in [-0.39, 0.29) is 17.9 Å². The highest BCUT2D eigenvalue weighted by Gasteiger charge is 2.46. The number of aromatic nitrogens is 2. The standard InChI is InChI=1S/C24H28N4O2S/c1-3-26-23(30)24(15-19-6-4-7-20(14-19)21-8-5-13-31-21)9-11-27(16-24)22(29)18(2)28-12-10-25-17-28/h4-8,10,12-14,17-18H,3,9,11,15-16H2,1-2H3,(H,26,30)/t18-,24+/m1/s1. The lowest BCUT2D eigenvalue weighted by atomic mass is 9.79. The minimum atomic E-state index is -0.617. The Balaban J connectivity index is 1.56. The van der Waals surface area contributed by atoms with Crippen molar-refractivity contribution in [3.05, 3.63) is 66.1 Å². The van der Waals surface area contributed by atoms with Gasteiger partial charge in [-0.2, -0.15) is 0 Å². The smallest absolute Gasteiger partial charge is 0.245 e. The minimum absolute atomic E-state index is 0.0245. The van der Waals surface area contributed by atoms with Crippen LogP contribution >= 0.6 is 11.3 Å². The van der Waals surface area contributed by atoms with Crippen LogP contribution in [0.5, 0.6) is 0 Å². The van der Waals surface area contributed by atoms with E-state index in [1.807, 2.05) is 24.8 Å². The summed E-state index contributed by atoms with van der Waals surface area (Å²) in [7, 11) is 0. The molecule has 2 amide bonds. The van der Waals surface area contributed by atoms with Crippen LogP contribution in [0.15, 0.2) is 60.5 Å². The molecular weight excluding hydrogens is 408 g/mol. The number of imidazole rings is 1. The van der Waals surface area contributed by atoms with Crippen LogP contribution in [0, 0.1) is 5.41 Å². The topological polar surface area (TPSA) is 67.2 Å². The molecule has 0 bridgehead atoms. The fourth-order valence-electron chi connectivity index (χ4n) is 4.38. The maximum absolute atomic E-state index is 13.2. The Labute approximate surface area is 186 Å². The van der Waals surface area contributed by atoms with Crippen molar-refractivity contribution in [1.82, 2.24) is 19.8 Å². The van der Waals surface area contributed by atoms with Gasteiger partial charge in [-0.25, -0.2) is 4.98 Å². The number of rotatable bonds is 7. The largest absolute Gasteiger partial charge is 0.356 e. The van der Waals surface area contributed by atoms with E-state index in [9.17, 15) is 9.59 Å². The van der Waals surface area contributed by atoms with Crippen molar-refractivity contribution >= 4 is 23.2 Å². The van der Waals surface area contributed by atoms with Crippen molar-refractivity contribution in [2.45, 2.75) is 32.7 Å².